The molecule has 0 amide bonds. The molecule has 9 heteroatoms. The Morgan fingerprint density at radius 1 is 1.50 bits per heavy atom. The van der Waals surface area contributed by atoms with Gasteiger partial charge in [-0.2, -0.15) is 4.31 Å². The van der Waals surface area contributed by atoms with Gasteiger partial charge in [0, 0.05) is 19.1 Å². The molecule has 0 saturated carbocycles. The average Bonchev–Trinajstić information content (AvgIpc) is 3.13. The van der Waals surface area contributed by atoms with Gasteiger partial charge < -0.3 is 9.84 Å². The first-order valence-corrected chi connectivity index (χ1v) is 8.42. The average molecular weight is 347 g/mol. The monoisotopic (exact) mass is 346 g/mol. The van der Waals surface area contributed by atoms with E-state index in [1.807, 2.05) is 14.0 Å². The van der Waals surface area contributed by atoms with Crippen LogP contribution in [0.1, 0.15) is 19.0 Å². The lowest BCUT2D eigenvalue weighted by Crippen LogP contribution is -2.33. The van der Waals surface area contributed by atoms with Gasteiger partial charge in [0.15, 0.2) is 0 Å². The Hall–Kier alpha value is -1.22. The van der Waals surface area contributed by atoms with Crippen molar-refractivity contribution in [2.75, 3.05) is 20.1 Å². The van der Waals surface area contributed by atoms with E-state index in [0.29, 0.717) is 30.6 Å². The van der Waals surface area contributed by atoms with Crippen LogP contribution in [0.5, 0.6) is 0 Å². The van der Waals surface area contributed by atoms with E-state index in [0.717, 1.165) is 12.1 Å². The topological polar surface area (TPSA) is 88.3 Å². The molecule has 7 nitrogen and oxygen atoms in total. The van der Waals surface area contributed by atoms with Crippen molar-refractivity contribution in [2.24, 2.45) is 0 Å². The molecule has 1 fully saturated rings. The van der Waals surface area contributed by atoms with E-state index in [-0.39, 0.29) is 23.3 Å². The van der Waals surface area contributed by atoms with E-state index in [9.17, 15) is 8.42 Å². The predicted octanol–water partition coefficient (Wildman–Crippen LogP) is 1.19. The van der Waals surface area contributed by atoms with E-state index in [2.05, 4.69) is 15.5 Å². The van der Waals surface area contributed by atoms with Crippen LogP contribution >= 0.6 is 12.4 Å². The van der Waals surface area contributed by atoms with Crippen LogP contribution in [0, 0.1) is 0 Å². The molecule has 0 aliphatic carbocycles. The third-order valence-corrected chi connectivity index (χ3v) is 5.74. The van der Waals surface area contributed by atoms with Gasteiger partial charge in [-0.1, -0.05) is 12.1 Å². The molecule has 0 aromatic carbocycles. The quantitative estimate of drug-likeness (QED) is 0.894. The second kappa shape index (κ2) is 6.49. The van der Waals surface area contributed by atoms with E-state index in [1.165, 1.54) is 10.5 Å². The van der Waals surface area contributed by atoms with Crippen LogP contribution in [0.25, 0.3) is 11.1 Å². The van der Waals surface area contributed by atoms with Gasteiger partial charge in [0.25, 0.3) is 5.71 Å². The highest BCUT2D eigenvalue weighted by Gasteiger charge is 2.32. The molecule has 2 aromatic heterocycles. The van der Waals surface area contributed by atoms with Crippen LogP contribution < -0.4 is 5.32 Å². The van der Waals surface area contributed by atoms with Crippen LogP contribution in [0.2, 0.25) is 0 Å². The van der Waals surface area contributed by atoms with Crippen molar-refractivity contribution in [1.82, 2.24) is 19.8 Å². The van der Waals surface area contributed by atoms with Crippen molar-refractivity contribution in [3.05, 3.63) is 18.0 Å². The zero-order chi connectivity index (χ0) is 15.0. The second-order valence-electron chi connectivity index (χ2n) is 5.14. The summed E-state index contributed by atoms with van der Waals surface area (Å²) in [7, 11) is -1.67. The third-order valence-electron chi connectivity index (χ3n) is 3.91. The maximum atomic E-state index is 12.7. The Balaban J connectivity index is 0.00000176. The molecule has 0 spiro atoms. The Labute approximate surface area is 135 Å². The summed E-state index contributed by atoms with van der Waals surface area (Å²) in [5, 5.41) is 7.69. The number of fused-ring (bicyclic) bond motifs is 1. The Kier molecular flexibility index (Phi) is 5.06. The summed E-state index contributed by atoms with van der Waals surface area (Å²) < 4.78 is 31.9. The predicted molar refractivity (Wildman–Crippen MR) is 84.7 cm³/mol. The Morgan fingerprint density at radius 3 is 2.91 bits per heavy atom. The minimum absolute atomic E-state index is 0. The molecular weight excluding hydrogens is 328 g/mol. The second-order valence-corrected chi connectivity index (χ2v) is 7.08. The fourth-order valence-corrected chi connectivity index (χ4v) is 4.06. The number of aryl methyl sites for hydroxylation is 1. The van der Waals surface area contributed by atoms with Crippen molar-refractivity contribution in [1.29, 1.82) is 0 Å². The standard InChI is InChI=1S/C13H18N4O3S.ClH/c1-3-12-11-6-10(7-15-13(11)20-16-12)21(18,19)17-5-4-9(8-17)14-2;/h6-7,9,14H,3-5,8H2,1-2H3;1H. The number of rotatable bonds is 4. The zero-order valence-electron chi connectivity index (χ0n) is 12.4. The molecule has 122 valence electrons. The highest BCUT2D eigenvalue weighted by Crippen LogP contribution is 2.25. The lowest BCUT2D eigenvalue weighted by molar-refractivity contribution is 0.439. The summed E-state index contributed by atoms with van der Waals surface area (Å²) in [6.07, 6.45) is 2.83. The normalized spacial score (nSPS) is 19.5. The van der Waals surface area contributed by atoms with Crippen molar-refractivity contribution in [2.45, 2.75) is 30.7 Å². The summed E-state index contributed by atoms with van der Waals surface area (Å²) in [4.78, 5) is 4.27. The van der Waals surface area contributed by atoms with Crippen LogP contribution in [0.3, 0.4) is 0 Å². The van der Waals surface area contributed by atoms with Crippen molar-refractivity contribution < 1.29 is 12.9 Å². The van der Waals surface area contributed by atoms with Crippen molar-refractivity contribution in [3.63, 3.8) is 0 Å². The fourth-order valence-electron chi connectivity index (χ4n) is 2.59. The van der Waals surface area contributed by atoms with Crippen molar-refractivity contribution >= 4 is 33.5 Å². The molecule has 0 bridgehead atoms. The summed E-state index contributed by atoms with van der Waals surface area (Å²) in [5.74, 6) is 0. The summed E-state index contributed by atoms with van der Waals surface area (Å²) in [6, 6.07) is 1.82. The molecule has 22 heavy (non-hydrogen) atoms. The number of hydrogen-bond acceptors (Lipinski definition) is 6. The lowest BCUT2D eigenvalue weighted by atomic mass is 10.2. The number of nitrogens with one attached hydrogen (secondary N) is 1. The third kappa shape index (κ3) is 2.83. The Morgan fingerprint density at radius 2 is 2.27 bits per heavy atom. The first kappa shape index (κ1) is 17.1. The van der Waals surface area contributed by atoms with Gasteiger partial charge in [-0.25, -0.2) is 13.4 Å². The van der Waals surface area contributed by atoms with Crippen LogP contribution in [0.4, 0.5) is 0 Å². The molecule has 3 rings (SSSR count). The minimum Gasteiger partial charge on any atom is -0.336 e. The number of sulfonamides is 1. The van der Waals surface area contributed by atoms with E-state index in [1.54, 1.807) is 6.07 Å². The van der Waals surface area contributed by atoms with Crippen LogP contribution in [-0.4, -0.2) is 49.0 Å². The minimum atomic E-state index is -3.51. The Bertz CT molecular complexity index is 762. The number of likely N-dealkylation sites (N-methyl/N-ethyl adjacent to an activating group) is 1. The van der Waals surface area contributed by atoms with E-state index < -0.39 is 10.0 Å². The number of nitrogens with zero attached hydrogens (tertiary/aromatic N) is 3. The highest BCUT2D eigenvalue weighted by molar-refractivity contribution is 7.89. The van der Waals surface area contributed by atoms with Crippen LogP contribution in [0.15, 0.2) is 21.7 Å². The molecule has 1 atom stereocenters. The van der Waals surface area contributed by atoms with Crippen molar-refractivity contribution in [3.8, 4) is 0 Å². The molecule has 1 saturated heterocycles. The number of hydrogen-bond donors (Lipinski definition) is 1. The number of aromatic nitrogens is 2. The molecule has 0 radical (unpaired) electrons. The number of halogens is 1. The largest absolute Gasteiger partial charge is 0.336 e. The molecule has 3 heterocycles. The molecule has 1 aliphatic rings. The van der Waals surface area contributed by atoms with Gasteiger partial charge in [0.05, 0.1) is 17.3 Å². The molecule has 1 N–H and O–H groups in total. The molecule has 1 aliphatic heterocycles. The van der Waals surface area contributed by atoms with Gasteiger partial charge in [0.1, 0.15) is 4.90 Å². The molecular formula is C13H19ClN4O3S. The van der Waals surface area contributed by atoms with Crippen LogP contribution in [-0.2, 0) is 16.4 Å². The summed E-state index contributed by atoms with van der Waals surface area (Å²) in [5.41, 5.74) is 1.10. The first-order valence-electron chi connectivity index (χ1n) is 6.98. The SMILES string of the molecule is CCc1noc2ncc(S(=O)(=O)N3CCC(NC)C3)cc12.Cl. The maximum absolute atomic E-state index is 12.7. The zero-order valence-corrected chi connectivity index (χ0v) is 14.1. The summed E-state index contributed by atoms with van der Waals surface area (Å²) in [6.45, 7) is 2.95. The van der Waals surface area contributed by atoms with Gasteiger partial charge in [-0.15, -0.1) is 12.4 Å². The highest BCUT2D eigenvalue weighted by atomic mass is 35.5. The lowest BCUT2D eigenvalue weighted by Gasteiger charge is -2.16. The fraction of sp³-hybridized carbons (Fsp3) is 0.538. The van der Waals surface area contributed by atoms with Gasteiger partial charge >= 0.3 is 0 Å². The van der Waals surface area contributed by atoms with Gasteiger partial charge in [-0.05, 0) is 26.0 Å². The number of pyridine rings is 1. The summed E-state index contributed by atoms with van der Waals surface area (Å²) >= 11 is 0. The molecule has 2 aromatic rings. The maximum Gasteiger partial charge on any atom is 0.258 e. The van der Waals surface area contributed by atoms with E-state index in [4.69, 9.17) is 4.52 Å². The first-order chi connectivity index (χ1) is 10.1. The van der Waals surface area contributed by atoms with Gasteiger partial charge in [0.2, 0.25) is 10.0 Å². The van der Waals surface area contributed by atoms with Gasteiger partial charge in [-0.3, -0.25) is 0 Å². The van der Waals surface area contributed by atoms with E-state index >= 15 is 0 Å². The molecule has 1 unspecified atom stereocenters. The smallest absolute Gasteiger partial charge is 0.258 e.